The third kappa shape index (κ3) is 4.54. The van der Waals surface area contributed by atoms with Gasteiger partial charge in [-0.25, -0.2) is 0 Å². The van der Waals surface area contributed by atoms with Crippen LogP contribution in [0.3, 0.4) is 0 Å². The van der Waals surface area contributed by atoms with Gasteiger partial charge in [-0.15, -0.1) is 0 Å². The van der Waals surface area contributed by atoms with E-state index in [2.05, 4.69) is 41.6 Å². The Labute approximate surface area is 119 Å². The van der Waals surface area contributed by atoms with Crippen LogP contribution in [0.25, 0.3) is 0 Å². The highest BCUT2D eigenvalue weighted by atomic mass is 79.9. The number of hydrogen-bond donors (Lipinski definition) is 0. The van der Waals surface area contributed by atoms with Crippen molar-refractivity contribution in [2.24, 2.45) is 0 Å². The van der Waals surface area contributed by atoms with E-state index < -0.39 is 0 Å². The molecule has 0 aliphatic heterocycles. The van der Waals surface area contributed by atoms with Crippen LogP contribution in [0.4, 0.5) is 0 Å². The lowest BCUT2D eigenvalue weighted by Gasteiger charge is -2.25. The van der Waals surface area contributed by atoms with Crippen LogP contribution in [-0.4, -0.2) is 29.8 Å². The summed E-state index contributed by atoms with van der Waals surface area (Å²) in [6.07, 6.45) is 1.71. The van der Waals surface area contributed by atoms with Gasteiger partial charge < -0.3 is 4.90 Å². The number of halogens is 1. The summed E-state index contributed by atoms with van der Waals surface area (Å²) in [4.78, 5) is 14.5. The molecule has 0 aliphatic rings. The monoisotopic (exact) mass is 311 g/mol. The first kappa shape index (κ1) is 15.4. The lowest BCUT2D eigenvalue weighted by atomic mass is 10.1. The van der Waals surface area contributed by atoms with Gasteiger partial charge in [0, 0.05) is 29.0 Å². The Morgan fingerprint density at radius 2 is 1.94 bits per heavy atom. The first-order valence-electron chi connectivity index (χ1n) is 6.58. The number of Topliss-reactive ketones (excluding diaryl/α,β-unsaturated/α-hetero) is 1. The molecule has 0 amide bonds. The van der Waals surface area contributed by atoms with Crippen molar-refractivity contribution in [1.82, 2.24) is 4.90 Å². The van der Waals surface area contributed by atoms with Gasteiger partial charge in [0.1, 0.15) is 0 Å². The second-order valence-corrected chi connectivity index (χ2v) is 5.64. The zero-order chi connectivity index (χ0) is 13.5. The maximum Gasteiger partial charge on any atom is 0.165 e. The molecule has 18 heavy (non-hydrogen) atoms. The molecule has 0 fully saturated rings. The summed E-state index contributed by atoms with van der Waals surface area (Å²) in [7, 11) is 0. The van der Waals surface area contributed by atoms with Crippen molar-refractivity contribution < 1.29 is 4.79 Å². The van der Waals surface area contributed by atoms with Crippen LogP contribution in [-0.2, 0) is 0 Å². The number of ketones is 1. The summed E-state index contributed by atoms with van der Waals surface area (Å²) in [6, 6.07) is 8.13. The van der Waals surface area contributed by atoms with Crippen LogP contribution in [0, 0.1) is 0 Å². The van der Waals surface area contributed by atoms with Gasteiger partial charge in [-0.3, -0.25) is 4.79 Å². The largest absolute Gasteiger partial charge is 0.300 e. The smallest absolute Gasteiger partial charge is 0.165 e. The van der Waals surface area contributed by atoms with Gasteiger partial charge in [0.25, 0.3) is 0 Å². The van der Waals surface area contributed by atoms with Crippen LogP contribution in [0.1, 0.15) is 44.0 Å². The predicted octanol–water partition coefficient (Wildman–Crippen LogP) is 4.14. The molecule has 0 saturated carbocycles. The second kappa shape index (κ2) is 7.70. The van der Waals surface area contributed by atoms with Gasteiger partial charge in [0.2, 0.25) is 0 Å². The standard InChI is InChI=1S/C15H22BrNO/c1-4-10-17(12(2)3)11-9-15(18)13-7-5-6-8-14(13)16/h5-8,12H,4,9-11H2,1-3H3. The SMILES string of the molecule is CCCN(CCC(=O)c1ccccc1Br)C(C)C. The number of rotatable bonds is 7. The topological polar surface area (TPSA) is 20.3 Å². The zero-order valence-electron chi connectivity index (χ0n) is 11.4. The predicted molar refractivity (Wildman–Crippen MR) is 80.1 cm³/mol. The van der Waals surface area contributed by atoms with E-state index in [0.29, 0.717) is 12.5 Å². The van der Waals surface area contributed by atoms with Crippen molar-refractivity contribution >= 4 is 21.7 Å². The van der Waals surface area contributed by atoms with Crippen LogP contribution >= 0.6 is 15.9 Å². The fourth-order valence-corrected chi connectivity index (χ4v) is 2.49. The van der Waals surface area contributed by atoms with Crippen LogP contribution in [0.5, 0.6) is 0 Å². The number of benzene rings is 1. The molecule has 0 aliphatic carbocycles. The zero-order valence-corrected chi connectivity index (χ0v) is 13.0. The minimum Gasteiger partial charge on any atom is -0.300 e. The summed E-state index contributed by atoms with van der Waals surface area (Å²) in [5.41, 5.74) is 0.790. The van der Waals surface area contributed by atoms with E-state index in [0.717, 1.165) is 29.5 Å². The normalized spacial score (nSPS) is 11.2. The number of carbonyl (C=O) groups excluding carboxylic acids is 1. The molecule has 0 radical (unpaired) electrons. The third-order valence-electron chi connectivity index (χ3n) is 3.04. The van der Waals surface area contributed by atoms with Gasteiger partial charge in [0.05, 0.1) is 0 Å². The second-order valence-electron chi connectivity index (χ2n) is 4.78. The molecule has 2 nitrogen and oxygen atoms in total. The van der Waals surface area contributed by atoms with Crippen LogP contribution in [0.2, 0.25) is 0 Å². The van der Waals surface area contributed by atoms with E-state index in [4.69, 9.17) is 0 Å². The molecule has 0 atom stereocenters. The van der Waals surface area contributed by atoms with E-state index in [9.17, 15) is 4.79 Å². The number of nitrogens with zero attached hydrogens (tertiary/aromatic N) is 1. The Balaban J connectivity index is 2.58. The molecule has 3 heteroatoms. The van der Waals surface area contributed by atoms with Crippen molar-refractivity contribution in [2.75, 3.05) is 13.1 Å². The lowest BCUT2D eigenvalue weighted by Crippen LogP contribution is -2.33. The summed E-state index contributed by atoms with van der Waals surface area (Å²) in [5.74, 6) is 0.212. The van der Waals surface area contributed by atoms with Crippen LogP contribution in [0.15, 0.2) is 28.7 Å². The van der Waals surface area contributed by atoms with Gasteiger partial charge >= 0.3 is 0 Å². The molecule has 0 aromatic heterocycles. The summed E-state index contributed by atoms with van der Waals surface area (Å²) in [6.45, 7) is 8.43. The van der Waals surface area contributed by atoms with E-state index >= 15 is 0 Å². The van der Waals surface area contributed by atoms with Crippen molar-refractivity contribution in [3.63, 3.8) is 0 Å². The average molecular weight is 312 g/mol. The maximum atomic E-state index is 12.1. The molecule has 100 valence electrons. The van der Waals surface area contributed by atoms with Crippen molar-refractivity contribution in [1.29, 1.82) is 0 Å². The van der Waals surface area contributed by atoms with Gasteiger partial charge in [-0.1, -0.05) is 41.1 Å². The molecule has 1 aromatic rings. The minimum atomic E-state index is 0.212. The molecule has 0 saturated heterocycles. The summed E-state index contributed by atoms with van der Waals surface area (Å²) >= 11 is 3.43. The Bertz CT molecular complexity index is 390. The molecule has 0 bridgehead atoms. The highest BCUT2D eigenvalue weighted by Gasteiger charge is 2.13. The van der Waals surface area contributed by atoms with Crippen LogP contribution < -0.4 is 0 Å². The van der Waals surface area contributed by atoms with Crippen molar-refractivity contribution in [3.05, 3.63) is 34.3 Å². The Kier molecular flexibility index (Phi) is 6.58. The molecule has 1 rings (SSSR count). The van der Waals surface area contributed by atoms with Crippen molar-refractivity contribution in [3.8, 4) is 0 Å². The number of hydrogen-bond acceptors (Lipinski definition) is 2. The van der Waals surface area contributed by atoms with Gasteiger partial charge in [-0.2, -0.15) is 0 Å². The van der Waals surface area contributed by atoms with E-state index in [1.165, 1.54) is 0 Å². The molecule has 0 N–H and O–H groups in total. The minimum absolute atomic E-state index is 0.212. The average Bonchev–Trinajstić information content (AvgIpc) is 2.34. The quantitative estimate of drug-likeness (QED) is 0.705. The first-order valence-corrected chi connectivity index (χ1v) is 7.37. The lowest BCUT2D eigenvalue weighted by molar-refractivity contribution is 0.0955. The Morgan fingerprint density at radius 3 is 2.50 bits per heavy atom. The van der Waals surface area contributed by atoms with Crippen molar-refractivity contribution in [2.45, 2.75) is 39.7 Å². The molecule has 0 heterocycles. The number of carbonyl (C=O) groups is 1. The highest BCUT2D eigenvalue weighted by molar-refractivity contribution is 9.10. The van der Waals surface area contributed by atoms with E-state index in [1.54, 1.807) is 0 Å². The molecule has 0 unspecified atom stereocenters. The fourth-order valence-electron chi connectivity index (χ4n) is 1.98. The summed E-state index contributed by atoms with van der Waals surface area (Å²) in [5, 5.41) is 0. The first-order chi connectivity index (χ1) is 8.56. The molecular weight excluding hydrogens is 290 g/mol. The van der Waals surface area contributed by atoms with Gasteiger partial charge in [-0.05, 0) is 32.9 Å². The molecule has 0 spiro atoms. The molecular formula is C15H22BrNO. The van der Waals surface area contributed by atoms with E-state index in [-0.39, 0.29) is 5.78 Å². The maximum absolute atomic E-state index is 12.1. The highest BCUT2D eigenvalue weighted by Crippen LogP contribution is 2.17. The third-order valence-corrected chi connectivity index (χ3v) is 3.73. The fraction of sp³-hybridized carbons (Fsp3) is 0.533. The Morgan fingerprint density at radius 1 is 1.28 bits per heavy atom. The summed E-state index contributed by atoms with van der Waals surface area (Å²) < 4.78 is 0.890. The Hall–Kier alpha value is -0.670. The van der Waals surface area contributed by atoms with E-state index in [1.807, 2.05) is 24.3 Å². The molecule has 1 aromatic carbocycles. The van der Waals surface area contributed by atoms with Gasteiger partial charge in [0.15, 0.2) is 5.78 Å².